The summed E-state index contributed by atoms with van der Waals surface area (Å²) < 4.78 is 5.18. The summed E-state index contributed by atoms with van der Waals surface area (Å²) >= 11 is 7.34. The van der Waals surface area contributed by atoms with Crippen molar-refractivity contribution in [3.05, 3.63) is 47.3 Å². The highest BCUT2D eigenvalue weighted by atomic mass is 35.5. The molecule has 3 nitrogen and oxygen atoms in total. The third-order valence-corrected chi connectivity index (χ3v) is 3.51. The number of oxazole rings is 1. The van der Waals surface area contributed by atoms with Crippen LogP contribution in [0.3, 0.4) is 0 Å². The van der Waals surface area contributed by atoms with E-state index < -0.39 is 0 Å². The monoisotopic (exact) mass is 254 g/mol. The maximum absolute atomic E-state index is 5.83. The van der Waals surface area contributed by atoms with Crippen molar-refractivity contribution in [3.63, 3.8) is 0 Å². The molecule has 1 aromatic heterocycles. The van der Waals surface area contributed by atoms with Gasteiger partial charge in [0.1, 0.15) is 6.26 Å². The van der Waals surface area contributed by atoms with E-state index in [4.69, 9.17) is 21.8 Å². The summed E-state index contributed by atoms with van der Waals surface area (Å²) in [4.78, 5) is 4.06. The molecule has 0 spiro atoms. The molecule has 1 aromatic carbocycles. The lowest BCUT2D eigenvalue weighted by atomic mass is 10.1. The van der Waals surface area contributed by atoms with Crippen LogP contribution in [0.5, 0.6) is 0 Å². The molecule has 5 heteroatoms. The van der Waals surface area contributed by atoms with Crippen LogP contribution in [0.1, 0.15) is 10.8 Å². The summed E-state index contributed by atoms with van der Waals surface area (Å²) in [5.74, 6) is 0. The Bertz CT molecular complexity index is 430. The van der Waals surface area contributed by atoms with Gasteiger partial charge in [0.2, 0.25) is 0 Å². The van der Waals surface area contributed by atoms with Crippen LogP contribution in [0.15, 0.2) is 46.4 Å². The molecule has 0 saturated carbocycles. The number of nitrogens with two attached hydrogens (primary N) is 1. The number of hydrogen-bond donors (Lipinski definition) is 1. The SMILES string of the molecule is NCC(Sc1ncco1)c1ccc(Cl)cc1. The first-order valence-corrected chi connectivity index (χ1v) is 6.07. The molecule has 2 aromatic rings. The quantitative estimate of drug-likeness (QED) is 0.852. The van der Waals surface area contributed by atoms with Crippen molar-refractivity contribution in [1.82, 2.24) is 4.98 Å². The van der Waals surface area contributed by atoms with Gasteiger partial charge in [0.05, 0.1) is 11.4 Å². The van der Waals surface area contributed by atoms with Crippen molar-refractivity contribution in [2.45, 2.75) is 10.5 Å². The topological polar surface area (TPSA) is 52.0 Å². The van der Waals surface area contributed by atoms with E-state index in [9.17, 15) is 0 Å². The molecule has 0 saturated heterocycles. The summed E-state index contributed by atoms with van der Waals surface area (Å²) in [6.45, 7) is 0.522. The van der Waals surface area contributed by atoms with E-state index in [1.54, 1.807) is 12.5 Å². The van der Waals surface area contributed by atoms with Gasteiger partial charge in [-0.25, -0.2) is 4.98 Å². The minimum atomic E-state index is 0.135. The second-order valence-electron chi connectivity index (χ2n) is 3.19. The van der Waals surface area contributed by atoms with Crippen LogP contribution < -0.4 is 5.73 Å². The predicted molar refractivity (Wildman–Crippen MR) is 65.6 cm³/mol. The number of benzene rings is 1. The van der Waals surface area contributed by atoms with Gasteiger partial charge in [-0.15, -0.1) is 0 Å². The van der Waals surface area contributed by atoms with Crippen molar-refractivity contribution in [2.75, 3.05) is 6.54 Å². The Morgan fingerprint density at radius 3 is 2.69 bits per heavy atom. The lowest BCUT2D eigenvalue weighted by Crippen LogP contribution is -2.09. The van der Waals surface area contributed by atoms with Gasteiger partial charge < -0.3 is 10.2 Å². The Kier molecular flexibility index (Phi) is 3.88. The zero-order valence-electron chi connectivity index (χ0n) is 8.47. The summed E-state index contributed by atoms with van der Waals surface area (Å²) in [6.07, 6.45) is 3.18. The maximum Gasteiger partial charge on any atom is 0.256 e. The fourth-order valence-corrected chi connectivity index (χ4v) is 2.31. The fraction of sp³-hybridized carbons (Fsp3) is 0.182. The first kappa shape index (κ1) is 11.5. The average molecular weight is 255 g/mol. The summed E-state index contributed by atoms with van der Waals surface area (Å²) in [5, 5.41) is 1.49. The molecule has 1 atom stereocenters. The first-order valence-electron chi connectivity index (χ1n) is 4.81. The third kappa shape index (κ3) is 2.78. The zero-order valence-corrected chi connectivity index (χ0v) is 10.0. The molecule has 16 heavy (non-hydrogen) atoms. The van der Waals surface area contributed by atoms with Gasteiger partial charge in [0.15, 0.2) is 0 Å². The molecule has 0 bridgehead atoms. The molecular weight excluding hydrogens is 244 g/mol. The molecule has 0 aliphatic heterocycles. The maximum atomic E-state index is 5.83. The van der Waals surface area contributed by atoms with Gasteiger partial charge in [-0.3, -0.25) is 0 Å². The van der Waals surface area contributed by atoms with Gasteiger partial charge in [0, 0.05) is 11.6 Å². The molecule has 0 aliphatic rings. The van der Waals surface area contributed by atoms with E-state index in [-0.39, 0.29) is 5.25 Å². The normalized spacial score (nSPS) is 12.6. The predicted octanol–water partition coefficient (Wildman–Crippen LogP) is 3.12. The van der Waals surface area contributed by atoms with Gasteiger partial charge in [-0.05, 0) is 17.7 Å². The Hall–Kier alpha value is -0.970. The molecular formula is C11H11ClN2OS. The lowest BCUT2D eigenvalue weighted by molar-refractivity contribution is 0.453. The Balaban J connectivity index is 2.13. The second-order valence-corrected chi connectivity index (χ2v) is 4.78. The molecule has 1 unspecified atom stereocenters. The average Bonchev–Trinajstić information content (AvgIpc) is 2.80. The minimum absolute atomic E-state index is 0.135. The summed E-state index contributed by atoms with van der Waals surface area (Å²) in [6, 6.07) is 7.65. The molecule has 0 aliphatic carbocycles. The number of halogens is 1. The van der Waals surface area contributed by atoms with Gasteiger partial charge in [-0.2, -0.15) is 0 Å². The Morgan fingerprint density at radius 1 is 1.38 bits per heavy atom. The zero-order chi connectivity index (χ0) is 11.4. The van der Waals surface area contributed by atoms with Crippen LogP contribution in [0.2, 0.25) is 5.02 Å². The Labute approximate surface area is 103 Å². The summed E-state index contributed by atoms with van der Waals surface area (Å²) in [7, 11) is 0. The van der Waals surface area contributed by atoms with Crippen LogP contribution in [0.25, 0.3) is 0 Å². The van der Waals surface area contributed by atoms with E-state index >= 15 is 0 Å². The molecule has 0 radical (unpaired) electrons. The van der Waals surface area contributed by atoms with Crippen LogP contribution in [0.4, 0.5) is 0 Å². The number of thioether (sulfide) groups is 1. The van der Waals surface area contributed by atoms with Crippen LogP contribution >= 0.6 is 23.4 Å². The van der Waals surface area contributed by atoms with Gasteiger partial charge in [-0.1, -0.05) is 35.5 Å². The fourth-order valence-electron chi connectivity index (χ4n) is 1.32. The highest BCUT2D eigenvalue weighted by Gasteiger charge is 2.13. The van der Waals surface area contributed by atoms with Crippen LogP contribution in [-0.4, -0.2) is 11.5 Å². The van der Waals surface area contributed by atoms with Crippen LogP contribution in [-0.2, 0) is 0 Å². The van der Waals surface area contributed by atoms with Gasteiger partial charge in [0.25, 0.3) is 5.22 Å². The van der Waals surface area contributed by atoms with E-state index in [2.05, 4.69) is 4.98 Å². The minimum Gasteiger partial charge on any atom is -0.440 e. The van der Waals surface area contributed by atoms with Crippen molar-refractivity contribution < 1.29 is 4.42 Å². The molecule has 1 heterocycles. The highest BCUT2D eigenvalue weighted by molar-refractivity contribution is 7.99. The number of aromatic nitrogens is 1. The molecule has 0 fully saturated rings. The number of hydrogen-bond acceptors (Lipinski definition) is 4. The van der Waals surface area contributed by atoms with Crippen molar-refractivity contribution in [3.8, 4) is 0 Å². The van der Waals surface area contributed by atoms with Crippen molar-refractivity contribution in [2.24, 2.45) is 5.73 Å². The number of nitrogens with zero attached hydrogens (tertiary/aromatic N) is 1. The van der Waals surface area contributed by atoms with Crippen LogP contribution in [0, 0.1) is 0 Å². The number of rotatable bonds is 4. The molecule has 0 amide bonds. The van der Waals surface area contributed by atoms with E-state index in [0.717, 1.165) is 10.6 Å². The Morgan fingerprint density at radius 2 is 2.12 bits per heavy atom. The third-order valence-electron chi connectivity index (χ3n) is 2.11. The van der Waals surface area contributed by atoms with E-state index in [1.807, 2.05) is 24.3 Å². The van der Waals surface area contributed by atoms with E-state index in [0.29, 0.717) is 11.8 Å². The first-order chi connectivity index (χ1) is 7.79. The molecule has 84 valence electrons. The molecule has 2 rings (SSSR count). The molecule has 2 N–H and O–H groups in total. The largest absolute Gasteiger partial charge is 0.440 e. The van der Waals surface area contributed by atoms with Crippen molar-refractivity contribution >= 4 is 23.4 Å². The highest BCUT2D eigenvalue weighted by Crippen LogP contribution is 2.33. The summed E-state index contributed by atoms with van der Waals surface area (Å²) in [5.41, 5.74) is 6.86. The smallest absolute Gasteiger partial charge is 0.256 e. The van der Waals surface area contributed by atoms with Crippen molar-refractivity contribution in [1.29, 1.82) is 0 Å². The lowest BCUT2D eigenvalue weighted by Gasteiger charge is -2.12. The van der Waals surface area contributed by atoms with E-state index in [1.165, 1.54) is 11.8 Å². The second kappa shape index (κ2) is 5.39. The standard InChI is InChI=1S/C11H11ClN2OS/c12-9-3-1-8(2-4-9)10(7-13)16-11-14-5-6-15-11/h1-6,10H,7,13H2. The van der Waals surface area contributed by atoms with Gasteiger partial charge >= 0.3 is 0 Å².